The van der Waals surface area contributed by atoms with Crippen LogP contribution in [0.2, 0.25) is 0 Å². The van der Waals surface area contributed by atoms with Gasteiger partial charge in [0, 0.05) is 24.4 Å². The summed E-state index contributed by atoms with van der Waals surface area (Å²) >= 11 is 1.67. The first-order chi connectivity index (χ1) is 14.5. The summed E-state index contributed by atoms with van der Waals surface area (Å²) < 4.78 is 5.31. The van der Waals surface area contributed by atoms with Crippen LogP contribution in [0.15, 0.2) is 64.6 Å². The van der Waals surface area contributed by atoms with Gasteiger partial charge in [-0.25, -0.2) is 0 Å². The molecule has 1 aromatic carbocycles. The zero-order valence-electron chi connectivity index (χ0n) is 17.1. The number of carbonyl (C=O) groups excluding carboxylic acids is 2. The number of fused-ring (bicyclic) bond motifs is 1. The van der Waals surface area contributed by atoms with Crippen LogP contribution in [-0.4, -0.2) is 48.3 Å². The third-order valence-electron chi connectivity index (χ3n) is 5.51. The fourth-order valence-corrected chi connectivity index (χ4v) is 4.77. The molecule has 1 N–H and O–H groups in total. The number of amides is 2. The predicted octanol–water partition coefficient (Wildman–Crippen LogP) is 3.33. The maximum atomic E-state index is 13.2. The van der Waals surface area contributed by atoms with E-state index >= 15 is 0 Å². The first kappa shape index (κ1) is 20.4. The Hall–Kier alpha value is -2.90. The van der Waals surface area contributed by atoms with Crippen molar-refractivity contribution in [2.24, 2.45) is 0 Å². The Bertz CT molecular complexity index is 999. The molecule has 2 aromatic heterocycles. The highest BCUT2D eigenvalue weighted by Crippen LogP contribution is 2.26. The Balaban J connectivity index is 1.54. The highest BCUT2D eigenvalue weighted by atomic mass is 32.1. The molecule has 0 bridgehead atoms. The molecule has 3 aromatic rings. The summed E-state index contributed by atoms with van der Waals surface area (Å²) in [6.07, 6.45) is 1.96. The van der Waals surface area contributed by atoms with Crippen LogP contribution in [0.25, 0.3) is 0 Å². The maximum absolute atomic E-state index is 13.2. The highest BCUT2D eigenvalue weighted by molar-refractivity contribution is 7.10. The van der Waals surface area contributed by atoms with Crippen LogP contribution >= 0.6 is 11.3 Å². The van der Waals surface area contributed by atoms with E-state index in [4.69, 9.17) is 4.42 Å². The quantitative estimate of drug-likeness (QED) is 0.661. The average molecular weight is 424 g/mol. The van der Waals surface area contributed by atoms with Gasteiger partial charge in [-0.15, -0.1) is 11.3 Å². The van der Waals surface area contributed by atoms with E-state index in [1.807, 2.05) is 49.8 Å². The average Bonchev–Trinajstić information content (AvgIpc) is 3.46. The smallest absolute Gasteiger partial charge is 0.290 e. The standard InChI is InChI=1S/C23H25N3O3S/c1-25(2)19(21-10-6-12-30-21)14-24-22(27)18-13-16-7-3-4-8-17(16)15-26(18)23(28)20-9-5-11-29-20/h3-12,18-19H,13-15H2,1-2H3,(H,24,27). The van der Waals surface area contributed by atoms with Crippen LogP contribution in [0.1, 0.15) is 32.6 Å². The van der Waals surface area contributed by atoms with Crippen LogP contribution in [0, 0.1) is 0 Å². The molecule has 1 aliphatic rings. The Labute approximate surface area is 180 Å². The van der Waals surface area contributed by atoms with Gasteiger partial charge in [-0.05, 0) is 48.8 Å². The van der Waals surface area contributed by atoms with Crippen molar-refractivity contribution in [1.29, 1.82) is 0 Å². The monoisotopic (exact) mass is 423 g/mol. The summed E-state index contributed by atoms with van der Waals surface area (Å²) in [6, 6.07) is 14.9. The van der Waals surface area contributed by atoms with Gasteiger partial charge in [0.2, 0.25) is 5.91 Å². The van der Waals surface area contributed by atoms with Crippen molar-refractivity contribution < 1.29 is 14.0 Å². The second-order valence-electron chi connectivity index (χ2n) is 7.64. The number of rotatable bonds is 6. The van der Waals surface area contributed by atoms with Gasteiger partial charge < -0.3 is 19.5 Å². The molecule has 2 amide bonds. The molecule has 0 saturated heterocycles. The van der Waals surface area contributed by atoms with E-state index in [0.29, 0.717) is 19.5 Å². The molecule has 4 rings (SSSR count). The first-order valence-corrected chi connectivity index (χ1v) is 10.8. The van der Waals surface area contributed by atoms with Crippen LogP contribution in [-0.2, 0) is 17.8 Å². The Kier molecular flexibility index (Phi) is 6.01. The predicted molar refractivity (Wildman–Crippen MR) is 116 cm³/mol. The van der Waals surface area contributed by atoms with Crippen molar-refractivity contribution in [3.8, 4) is 0 Å². The third kappa shape index (κ3) is 4.17. The minimum atomic E-state index is -0.580. The molecule has 0 aliphatic carbocycles. The molecule has 2 atom stereocenters. The number of benzene rings is 1. The van der Waals surface area contributed by atoms with Crippen LogP contribution in [0.4, 0.5) is 0 Å². The molecule has 156 valence electrons. The third-order valence-corrected chi connectivity index (χ3v) is 6.48. The second kappa shape index (κ2) is 8.85. The Morgan fingerprint density at radius 3 is 2.63 bits per heavy atom. The van der Waals surface area contributed by atoms with E-state index in [9.17, 15) is 9.59 Å². The molecule has 0 spiro atoms. The summed E-state index contributed by atoms with van der Waals surface area (Å²) in [4.78, 5) is 31.2. The van der Waals surface area contributed by atoms with Crippen molar-refractivity contribution in [1.82, 2.24) is 15.1 Å². The van der Waals surface area contributed by atoms with Crippen LogP contribution in [0.3, 0.4) is 0 Å². The highest BCUT2D eigenvalue weighted by Gasteiger charge is 2.36. The minimum absolute atomic E-state index is 0.0825. The van der Waals surface area contributed by atoms with E-state index < -0.39 is 6.04 Å². The molecule has 1 aliphatic heterocycles. The fourth-order valence-electron chi connectivity index (χ4n) is 3.85. The minimum Gasteiger partial charge on any atom is -0.459 e. The molecule has 3 heterocycles. The van der Waals surface area contributed by atoms with E-state index in [0.717, 1.165) is 11.1 Å². The summed E-state index contributed by atoms with van der Waals surface area (Å²) in [5.41, 5.74) is 2.16. The van der Waals surface area contributed by atoms with E-state index in [2.05, 4.69) is 16.3 Å². The molecule has 0 saturated carbocycles. The second-order valence-corrected chi connectivity index (χ2v) is 8.62. The van der Waals surface area contributed by atoms with Gasteiger partial charge in [-0.1, -0.05) is 30.3 Å². The van der Waals surface area contributed by atoms with Crippen molar-refractivity contribution in [3.05, 3.63) is 81.9 Å². The molecule has 7 heteroatoms. The van der Waals surface area contributed by atoms with Crippen molar-refractivity contribution in [3.63, 3.8) is 0 Å². The zero-order chi connectivity index (χ0) is 21.1. The summed E-state index contributed by atoms with van der Waals surface area (Å²) in [5.74, 6) is -0.165. The van der Waals surface area contributed by atoms with Crippen molar-refractivity contribution in [2.75, 3.05) is 20.6 Å². The van der Waals surface area contributed by atoms with Gasteiger partial charge in [0.1, 0.15) is 6.04 Å². The zero-order valence-corrected chi connectivity index (χ0v) is 17.9. The summed E-state index contributed by atoms with van der Waals surface area (Å²) in [6.45, 7) is 0.864. The van der Waals surface area contributed by atoms with Crippen molar-refractivity contribution in [2.45, 2.75) is 25.0 Å². The maximum Gasteiger partial charge on any atom is 0.290 e. The first-order valence-electron chi connectivity index (χ1n) is 9.93. The Morgan fingerprint density at radius 2 is 1.97 bits per heavy atom. The number of thiophene rings is 1. The number of nitrogens with zero attached hydrogens (tertiary/aromatic N) is 2. The normalized spacial score (nSPS) is 16.9. The summed E-state index contributed by atoms with van der Waals surface area (Å²) in [5, 5.41) is 5.12. The lowest BCUT2D eigenvalue weighted by Gasteiger charge is -2.36. The van der Waals surface area contributed by atoms with Gasteiger partial charge in [0.25, 0.3) is 5.91 Å². The van der Waals surface area contributed by atoms with Gasteiger partial charge in [-0.3, -0.25) is 9.59 Å². The number of hydrogen-bond acceptors (Lipinski definition) is 5. The largest absolute Gasteiger partial charge is 0.459 e. The number of hydrogen-bond donors (Lipinski definition) is 1. The molecule has 0 fully saturated rings. The molecular weight excluding hydrogens is 398 g/mol. The molecule has 6 nitrogen and oxygen atoms in total. The van der Waals surface area contributed by atoms with E-state index in [1.54, 1.807) is 28.4 Å². The lowest BCUT2D eigenvalue weighted by atomic mass is 9.93. The number of likely N-dealkylation sites (N-methyl/N-ethyl adjacent to an activating group) is 1. The van der Waals surface area contributed by atoms with Gasteiger partial charge >= 0.3 is 0 Å². The van der Waals surface area contributed by atoms with E-state index in [1.165, 1.54) is 11.1 Å². The van der Waals surface area contributed by atoms with Crippen LogP contribution < -0.4 is 5.32 Å². The number of nitrogens with one attached hydrogen (secondary N) is 1. The lowest BCUT2D eigenvalue weighted by Crippen LogP contribution is -2.53. The fraction of sp³-hybridized carbons (Fsp3) is 0.304. The van der Waals surface area contributed by atoms with Crippen LogP contribution in [0.5, 0.6) is 0 Å². The lowest BCUT2D eigenvalue weighted by molar-refractivity contribution is -0.126. The Morgan fingerprint density at radius 1 is 1.17 bits per heavy atom. The molecular formula is C23H25N3O3S. The number of furan rings is 1. The summed E-state index contributed by atoms with van der Waals surface area (Å²) in [7, 11) is 4.00. The van der Waals surface area contributed by atoms with E-state index in [-0.39, 0.29) is 23.6 Å². The SMILES string of the molecule is CN(C)C(CNC(=O)C1Cc2ccccc2CN1C(=O)c1ccco1)c1cccs1. The molecule has 2 unspecified atom stereocenters. The number of carbonyl (C=O) groups is 2. The van der Waals surface area contributed by atoms with Crippen molar-refractivity contribution >= 4 is 23.2 Å². The van der Waals surface area contributed by atoms with Gasteiger partial charge in [-0.2, -0.15) is 0 Å². The van der Waals surface area contributed by atoms with Gasteiger partial charge in [0.15, 0.2) is 5.76 Å². The molecule has 0 radical (unpaired) electrons. The topological polar surface area (TPSA) is 65.8 Å². The van der Waals surface area contributed by atoms with Gasteiger partial charge in [0.05, 0.1) is 12.3 Å². The molecule has 30 heavy (non-hydrogen) atoms.